The minimum Gasteiger partial charge on any atom is -0.316 e. The molecule has 0 spiro atoms. The summed E-state index contributed by atoms with van der Waals surface area (Å²) in [5.41, 5.74) is 5.40. The van der Waals surface area contributed by atoms with E-state index in [1.54, 1.807) is 0 Å². The number of carbonyl (C=O) groups is 1. The van der Waals surface area contributed by atoms with Gasteiger partial charge >= 0.3 is 0 Å². The number of nitrogens with zero attached hydrogens (tertiary/aromatic N) is 1. The van der Waals surface area contributed by atoms with Gasteiger partial charge in [0.2, 0.25) is 5.91 Å². The van der Waals surface area contributed by atoms with Crippen molar-refractivity contribution >= 4 is 11.6 Å². The molecule has 0 saturated carbocycles. The normalized spacial score (nSPS) is 25.6. The fourth-order valence-corrected chi connectivity index (χ4v) is 3.88. The molecule has 1 aromatic carbocycles. The maximum Gasteiger partial charge on any atom is 0.231 e. The third kappa shape index (κ3) is 1.79. The summed E-state index contributed by atoms with van der Waals surface area (Å²) in [4.78, 5) is 14.1. The first-order valence-corrected chi connectivity index (χ1v) is 7.50. The molecule has 1 atom stereocenters. The molecule has 1 amide bonds. The number of piperidine rings is 1. The van der Waals surface area contributed by atoms with Crippen molar-refractivity contribution in [2.24, 2.45) is 0 Å². The van der Waals surface area contributed by atoms with E-state index in [-0.39, 0.29) is 0 Å². The number of carbonyl (C=O) groups excluding carboxylic acids is 1. The van der Waals surface area contributed by atoms with Crippen LogP contribution in [0.15, 0.2) is 12.1 Å². The predicted octanol–water partition coefficient (Wildman–Crippen LogP) is 1.99. The van der Waals surface area contributed by atoms with Crippen LogP contribution in [0.1, 0.15) is 41.9 Å². The van der Waals surface area contributed by atoms with Crippen LogP contribution in [-0.4, -0.2) is 25.5 Å². The van der Waals surface area contributed by atoms with E-state index in [1.807, 2.05) is 4.90 Å². The molecule has 1 N–H and O–H groups in total. The maximum atomic E-state index is 12.0. The average Bonchev–Trinajstić information content (AvgIpc) is 2.78. The Labute approximate surface area is 114 Å². The second-order valence-corrected chi connectivity index (χ2v) is 6.06. The van der Waals surface area contributed by atoms with Crippen molar-refractivity contribution in [3.05, 3.63) is 28.8 Å². The molecule has 1 saturated heterocycles. The van der Waals surface area contributed by atoms with Crippen LogP contribution < -0.4 is 10.2 Å². The monoisotopic (exact) mass is 256 g/mol. The van der Waals surface area contributed by atoms with Gasteiger partial charge in [-0.3, -0.25) is 4.79 Å². The van der Waals surface area contributed by atoms with E-state index in [9.17, 15) is 4.79 Å². The lowest BCUT2D eigenvalue weighted by Gasteiger charge is -2.28. The van der Waals surface area contributed by atoms with E-state index < -0.39 is 0 Å². The maximum absolute atomic E-state index is 12.0. The van der Waals surface area contributed by atoms with Crippen LogP contribution in [0, 0.1) is 0 Å². The summed E-state index contributed by atoms with van der Waals surface area (Å²) < 4.78 is 0. The van der Waals surface area contributed by atoms with Gasteiger partial charge in [-0.05, 0) is 54.8 Å². The van der Waals surface area contributed by atoms with Gasteiger partial charge in [0.15, 0.2) is 0 Å². The quantitative estimate of drug-likeness (QED) is 0.833. The number of amides is 1. The van der Waals surface area contributed by atoms with Crippen molar-refractivity contribution in [1.29, 1.82) is 0 Å². The lowest BCUT2D eigenvalue weighted by atomic mass is 9.87. The topological polar surface area (TPSA) is 32.3 Å². The van der Waals surface area contributed by atoms with Gasteiger partial charge in [0.05, 0.1) is 12.1 Å². The van der Waals surface area contributed by atoms with Crippen molar-refractivity contribution in [3.63, 3.8) is 0 Å². The minimum atomic E-state index is 0.301. The van der Waals surface area contributed by atoms with E-state index in [0.29, 0.717) is 18.2 Å². The highest BCUT2D eigenvalue weighted by Crippen LogP contribution is 2.39. The molecule has 3 nitrogen and oxygen atoms in total. The zero-order chi connectivity index (χ0) is 12.8. The van der Waals surface area contributed by atoms with E-state index in [1.165, 1.54) is 35.2 Å². The fraction of sp³-hybridized carbons (Fsp3) is 0.562. The minimum absolute atomic E-state index is 0.301. The van der Waals surface area contributed by atoms with E-state index in [2.05, 4.69) is 17.4 Å². The molecule has 1 fully saturated rings. The van der Waals surface area contributed by atoms with Crippen molar-refractivity contribution in [2.45, 2.75) is 38.0 Å². The highest BCUT2D eigenvalue weighted by molar-refractivity contribution is 6.02. The van der Waals surface area contributed by atoms with Crippen LogP contribution in [-0.2, 0) is 17.6 Å². The zero-order valence-electron chi connectivity index (χ0n) is 11.2. The third-order valence-corrected chi connectivity index (χ3v) is 4.80. The largest absolute Gasteiger partial charge is 0.316 e. The van der Waals surface area contributed by atoms with Crippen LogP contribution in [0.4, 0.5) is 5.69 Å². The molecule has 1 unspecified atom stereocenters. The molecule has 3 aliphatic rings. The SMILES string of the molecule is O=C1Cc2cc(C3CCCNC3)cc3c2N1CCC3. The number of hydrogen-bond donors (Lipinski definition) is 1. The Balaban J connectivity index is 1.76. The van der Waals surface area contributed by atoms with Gasteiger partial charge in [-0.2, -0.15) is 0 Å². The summed E-state index contributed by atoms with van der Waals surface area (Å²) in [6, 6.07) is 4.68. The van der Waals surface area contributed by atoms with Gasteiger partial charge in [-0.15, -0.1) is 0 Å². The molecule has 19 heavy (non-hydrogen) atoms. The predicted molar refractivity (Wildman–Crippen MR) is 75.7 cm³/mol. The van der Waals surface area contributed by atoms with Crippen LogP contribution in [0.5, 0.6) is 0 Å². The molecule has 0 aliphatic carbocycles. The Kier molecular flexibility index (Phi) is 2.62. The molecule has 1 aromatic rings. The van der Waals surface area contributed by atoms with Crippen LogP contribution in [0.3, 0.4) is 0 Å². The van der Waals surface area contributed by atoms with Crippen molar-refractivity contribution < 1.29 is 4.79 Å². The van der Waals surface area contributed by atoms with Crippen LogP contribution >= 0.6 is 0 Å². The molecule has 100 valence electrons. The molecule has 0 radical (unpaired) electrons. The lowest BCUT2D eigenvalue weighted by molar-refractivity contribution is -0.117. The number of anilines is 1. The first-order valence-electron chi connectivity index (χ1n) is 7.50. The Bertz CT molecular complexity index is 532. The summed E-state index contributed by atoms with van der Waals surface area (Å²) in [7, 11) is 0. The number of nitrogens with one attached hydrogen (secondary N) is 1. The standard InChI is InChI=1S/C16H20N2O/c19-15-9-14-8-13(12-3-1-5-17-10-12)7-11-4-2-6-18(15)16(11)14/h7-8,12,17H,1-6,9-10H2. The number of hydrogen-bond acceptors (Lipinski definition) is 2. The zero-order valence-corrected chi connectivity index (χ0v) is 11.2. The Hall–Kier alpha value is -1.35. The number of aryl methyl sites for hydroxylation is 1. The average molecular weight is 256 g/mol. The summed E-state index contributed by atoms with van der Waals surface area (Å²) >= 11 is 0. The first kappa shape index (κ1) is 11.5. The van der Waals surface area contributed by atoms with Crippen LogP contribution in [0.2, 0.25) is 0 Å². The van der Waals surface area contributed by atoms with Crippen molar-refractivity contribution in [2.75, 3.05) is 24.5 Å². The van der Waals surface area contributed by atoms with Gasteiger partial charge in [-0.25, -0.2) is 0 Å². The molecule has 0 aromatic heterocycles. The van der Waals surface area contributed by atoms with Gasteiger partial charge in [0, 0.05) is 13.1 Å². The van der Waals surface area contributed by atoms with Gasteiger partial charge in [0.25, 0.3) is 0 Å². The van der Waals surface area contributed by atoms with E-state index in [4.69, 9.17) is 0 Å². The number of benzene rings is 1. The first-order chi connectivity index (χ1) is 9.33. The summed E-state index contributed by atoms with van der Waals surface area (Å²) in [5.74, 6) is 0.941. The highest BCUT2D eigenvalue weighted by atomic mass is 16.2. The molecular weight excluding hydrogens is 236 g/mol. The molecule has 4 rings (SSSR count). The Morgan fingerprint density at radius 3 is 2.95 bits per heavy atom. The summed E-state index contributed by atoms with van der Waals surface area (Å²) in [6.45, 7) is 3.17. The Morgan fingerprint density at radius 2 is 2.11 bits per heavy atom. The second kappa shape index (κ2) is 4.34. The van der Waals surface area contributed by atoms with Crippen LogP contribution in [0.25, 0.3) is 0 Å². The summed E-state index contributed by atoms with van der Waals surface area (Å²) in [5, 5.41) is 3.49. The lowest BCUT2D eigenvalue weighted by Crippen LogP contribution is -2.31. The third-order valence-electron chi connectivity index (χ3n) is 4.80. The van der Waals surface area contributed by atoms with Crippen molar-refractivity contribution in [1.82, 2.24) is 5.32 Å². The van der Waals surface area contributed by atoms with Gasteiger partial charge in [0.1, 0.15) is 0 Å². The highest BCUT2D eigenvalue weighted by Gasteiger charge is 2.33. The van der Waals surface area contributed by atoms with E-state index in [0.717, 1.165) is 32.5 Å². The van der Waals surface area contributed by atoms with Gasteiger partial charge < -0.3 is 10.2 Å². The molecule has 3 heterocycles. The molecule has 3 aliphatic heterocycles. The van der Waals surface area contributed by atoms with Crippen molar-refractivity contribution in [3.8, 4) is 0 Å². The summed E-state index contributed by atoms with van der Waals surface area (Å²) in [6.07, 6.45) is 5.42. The Morgan fingerprint density at radius 1 is 1.21 bits per heavy atom. The number of rotatable bonds is 1. The molecule has 0 bridgehead atoms. The second-order valence-electron chi connectivity index (χ2n) is 6.06. The fourth-order valence-electron chi connectivity index (χ4n) is 3.88. The molecular formula is C16H20N2O. The molecule has 3 heteroatoms. The van der Waals surface area contributed by atoms with E-state index >= 15 is 0 Å². The van der Waals surface area contributed by atoms with Gasteiger partial charge in [-0.1, -0.05) is 12.1 Å². The smallest absolute Gasteiger partial charge is 0.231 e.